The molecule has 0 spiro atoms. The van der Waals surface area contributed by atoms with Crippen LogP contribution in [0, 0.1) is 0 Å². The van der Waals surface area contributed by atoms with Gasteiger partial charge >= 0.3 is 0 Å². The molecule has 0 saturated heterocycles. The van der Waals surface area contributed by atoms with Crippen LogP contribution in [0.2, 0.25) is 0 Å². The molecular weight excluding hydrogens is 248 g/mol. The summed E-state index contributed by atoms with van der Waals surface area (Å²) >= 11 is 0. The smallest absolute Gasteiger partial charge is 0.280 e. The molecule has 0 bridgehead atoms. The van der Waals surface area contributed by atoms with E-state index in [2.05, 4.69) is 29.3 Å². The van der Waals surface area contributed by atoms with Crippen molar-refractivity contribution in [3.05, 3.63) is 82.9 Å². The fourth-order valence-corrected chi connectivity index (χ4v) is 2.17. The van der Waals surface area contributed by atoms with E-state index in [0.29, 0.717) is 11.9 Å². The number of rotatable bonds is 3. The van der Waals surface area contributed by atoms with Gasteiger partial charge in [0.05, 0.1) is 17.2 Å². The Morgan fingerprint density at radius 1 is 1.00 bits per heavy atom. The number of allylic oxidation sites excluding steroid dienone is 1. The van der Waals surface area contributed by atoms with E-state index in [9.17, 15) is 4.79 Å². The normalized spacial score (nSPS) is 11.2. The summed E-state index contributed by atoms with van der Waals surface area (Å²) in [5.74, 6) is 0. The van der Waals surface area contributed by atoms with Gasteiger partial charge < -0.3 is 4.57 Å². The molecule has 3 aromatic rings. The van der Waals surface area contributed by atoms with Crippen LogP contribution in [0.15, 0.2) is 71.8 Å². The fraction of sp³-hybridized carbons (Fsp3) is 0.0588. The van der Waals surface area contributed by atoms with Gasteiger partial charge in [0, 0.05) is 6.54 Å². The van der Waals surface area contributed by atoms with Crippen molar-refractivity contribution >= 4 is 17.0 Å². The summed E-state index contributed by atoms with van der Waals surface area (Å²) in [5.41, 5.74) is 1.89. The van der Waals surface area contributed by atoms with Gasteiger partial charge in [0.15, 0.2) is 0 Å². The van der Waals surface area contributed by atoms with E-state index in [1.807, 2.05) is 47.0 Å². The van der Waals surface area contributed by atoms with E-state index < -0.39 is 0 Å². The number of benzene rings is 2. The predicted molar refractivity (Wildman–Crippen MR) is 81.5 cm³/mol. The van der Waals surface area contributed by atoms with Gasteiger partial charge in [-0.3, -0.25) is 4.79 Å². The molecule has 3 rings (SSSR count). The highest BCUT2D eigenvalue weighted by atomic mass is 16.1. The molecule has 0 radical (unpaired) electrons. The first kappa shape index (κ1) is 12.4. The molecule has 0 aliphatic rings. The van der Waals surface area contributed by atoms with Crippen LogP contribution in [-0.2, 0) is 6.54 Å². The first-order valence-corrected chi connectivity index (χ1v) is 6.50. The van der Waals surface area contributed by atoms with Crippen LogP contribution in [0.4, 0.5) is 0 Å². The number of aromatic nitrogens is 2. The minimum Gasteiger partial charge on any atom is -0.328 e. The van der Waals surface area contributed by atoms with Gasteiger partial charge in [-0.2, -0.15) is 4.98 Å². The monoisotopic (exact) mass is 262 g/mol. The maximum Gasteiger partial charge on any atom is 0.280 e. The van der Waals surface area contributed by atoms with Gasteiger partial charge in [0.25, 0.3) is 5.56 Å². The van der Waals surface area contributed by atoms with Crippen LogP contribution in [0.3, 0.4) is 0 Å². The first-order valence-electron chi connectivity index (χ1n) is 6.50. The van der Waals surface area contributed by atoms with E-state index in [1.165, 1.54) is 0 Å². The Morgan fingerprint density at radius 3 is 2.60 bits per heavy atom. The largest absolute Gasteiger partial charge is 0.328 e. The summed E-state index contributed by atoms with van der Waals surface area (Å²) in [4.78, 5) is 15.6. The standard InChI is InChI=1S/C17H14N2O/c20-17-15-10-4-5-11-16(15)19(13-18-17)12-6-9-14-7-2-1-3-8-14/h1-11,13H,12H2/b9-6+. The van der Waals surface area contributed by atoms with Crippen LogP contribution >= 0.6 is 0 Å². The molecule has 1 aromatic heterocycles. The predicted octanol–water partition coefficient (Wildman–Crippen LogP) is 3.11. The molecule has 3 heteroatoms. The highest BCUT2D eigenvalue weighted by Gasteiger charge is 2.01. The van der Waals surface area contributed by atoms with Crippen molar-refractivity contribution in [1.82, 2.24) is 9.55 Å². The fourth-order valence-electron chi connectivity index (χ4n) is 2.17. The maximum absolute atomic E-state index is 11.7. The summed E-state index contributed by atoms with van der Waals surface area (Å²) in [7, 11) is 0. The molecule has 0 amide bonds. The average Bonchev–Trinajstić information content (AvgIpc) is 2.51. The Bertz CT molecular complexity index is 804. The molecule has 20 heavy (non-hydrogen) atoms. The van der Waals surface area contributed by atoms with Crippen LogP contribution in [0.1, 0.15) is 5.56 Å². The number of hydrogen-bond donors (Lipinski definition) is 0. The van der Waals surface area contributed by atoms with E-state index in [-0.39, 0.29) is 5.56 Å². The van der Waals surface area contributed by atoms with E-state index in [4.69, 9.17) is 0 Å². The third kappa shape index (κ3) is 2.52. The van der Waals surface area contributed by atoms with Gasteiger partial charge in [-0.1, -0.05) is 54.6 Å². The first-order chi connectivity index (χ1) is 9.84. The topological polar surface area (TPSA) is 34.9 Å². The molecule has 1 heterocycles. The van der Waals surface area contributed by atoms with Crippen LogP contribution in [0.25, 0.3) is 17.0 Å². The lowest BCUT2D eigenvalue weighted by Gasteiger charge is -2.06. The minimum absolute atomic E-state index is 0.177. The summed E-state index contributed by atoms with van der Waals surface area (Å²) in [6.45, 7) is 0.683. The molecule has 0 aliphatic carbocycles. The number of para-hydroxylation sites is 1. The maximum atomic E-state index is 11.7. The molecular formula is C17H14N2O. The number of hydrogen-bond acceptors (Lipinski definition) is 2. The SMILES string of the molecule is O=c1ncn(C/C=C/c2ccccc2)c2ccccc12. The molecule has 98 valence electrons. The summed E-state index contributed by atoms with van der Waals surface area (Å²) in [6, 6.07) is 17.7. The second kappa shape index (κ2) is 5.53. The minimum atomic E-state index is -0.177. The lowest BCUT2D eigenvalue weighted by molar-refractivity contribution is 0.821. The second-order valence-electron chi connectivity index (χ2n) is 4.53. The van der Waals surface area contributed by atoms with Gasteiger partial charge in [-0.05, 0) is 17.7 Å². The Balaban J connectivity index is 1.90. The molecule has 3 nitrogen and oxygen atoms in total. The quantitative estimate of drug-likeness (QED) is 0.727. The summed E-state index contributed by atoms with van der Waals surface area (Å²) < 4.78 is 1.97. The van der Waals surface area contributed by atoms with Crippen molar-refractivity contribution in [3.8, 4) is 0 Å². The molecule has 2 aromatic carbocycles. The highest BCUT2D eigenvalue weighted by Crippen LogP contribution is 2.09. The van der Waals surface area contributed by atoms with Crippen LogP contribution < -0.4 is 5.56 Å². The highest BCUT2D eigenvalue weighted by molar-refractivity contribution is 5.77. The van der Waals surface area contributed by atoms with Crippen LogP contribution in [0.5, 0.6) is 0 Å². The van der Waals surface area contributed by atoms with Gasteiger partial charge in [0.2, 0.25) is 0 Å². The van der Waals surface area contributed by atoms with Gasteiger partial charge in [-0.15, -0.1) is 0 Å². The Labute approximate surface area is 116 Å². The van der Waals surface area contributed by atoms with E-state index in [0.717, 1.165) is 11.1 Å². The lowest BCUT2D eigenvalue weighted by Crippen LogP contribution is -2.11. The molecule has 0 fully saturated rings. The van der Waals surface area contributed by atoms with Crippen LogP contribution in [-0.4, -0.2) is 9.55 Å². The van der Waals surface area contributed by atoms with E-state index >= 15 is 0 Å². The molecule has 0 saturated carbocycles. The van der Waals surface area contributed by atoms with Crippen molar-refractivity contribution in [3.63, 3.8) is 0 Å². The second-order valence-corrected chi connectivity index (χ2v) is 4.53. The van der Waals surface area contributed by atoms with Gasteiger partial charge in [-0.25, -0.2) is 0 Å². The molecule has 0 N–H and O–H groups in total. The number of nitrogens with zero attached hydrogens (tertiary/aromatic N) is 2. The summed E-state index contributed by atoms with van der Waals surface area (Å²) in [5, 5.41) is 0.656. The zero-order valence-electron chi connectivity index (χ0n) is 10.9. The Morgan fingerprint density at radius 2 is 1.75 bits per heavy atom. The summed E-state index contributed by atoms with van der Waals surface area (Å²) in [6.07, 6.45) is 5.72. The Kier molecular flexibility index (Phi) is 3.42. The third-order valence-corrected chi connectivity index (χ3v) is 3.17. The zero-order chi connectivity index (χ0) is 13.8. The number of fused-ring (bicyclic) bond motifs is 1. The van der Waals surface area contributed by atoms with Crippen molar-refractivity contribution in [2.75, 3.05) is 0 Å². The Hall–Kier alpha value is -2.68. The molecule has 0 unspecified atom stereocenters. The van der Waals surface area contributed by atoms with E-state index in [1.54, 1.807) is 6.33 Å². The molecule has 0 aliphatic heterocycles. The average molecular weight is 262 g/mol. The zero-order valence-corrected chi connectivity index (χ0v) is 10.9. The van der Waals surface area contributed by atoms with Crippen molar-refractivity contribution in [2.24, 2.45) is 0 Å². The van der Waals surface area contributed by atoms with Gasteiger partial charge in [0.1, 0.15) is 0 Å². The van der Waals surface area contributed by atoms with Crippen molar-refractivity contribution in [2.45, 2.75) is 6.54 Å². The molecule has 0 atom stereocenters. The van der Waals surface area contributed by atoms with Crippen molar-refractivity contribution < 1.29 is 0 Å². The third-order valence-electron chi connectivity index (χ3n) is 3.17. The van der Waals surface area contributed by atoms with Crippen molar-refractivity contribution in [1.29, 1.82) is 0 Å². The lowest BCUT2D eigenvalue weighted by atomic mass is 10.2.